The molecule has 5 heteroatoms. The minimum atomic E-state index is -0.124. The summed E-state index contributed by atoms with van der Waals surface area (Å²) >= 11 is 1.62. The molecule has 1 amide bonds. The maximum atomic E-state index is 12.0. The summed E-state index contributed by atoms with van der Waals surface area (Å²) in [6, 6.07) is 18.0. The zero-order valence-electron chi connectivity index (χ0n) is 15.6. The van der Waals surface area contributed by atoms with Gasteiger partial charge in [0.2, 0.25) is 0 Å². The van der Waals surface area contributed by atoms with Crippen LogP contribution < -0.4 is 10.1 Å². The lowest BCUT2D eigenvalue weighted by atomic mass is 10.0. The predicted molar refractivity (Wildman–Crippen MR) is 110 cm³/mol. The normalized spacial score (nSPS) is 10.8. The van der Waals surface area contributed by atoms with Gasteiger partial charge in [0, 0.05) is 23.9 Å². The van der Waals surface area contributed by atoms with Crippen molar-refractivity contribution in [1.29, 1.82) is 0 Å². The van der Waals surface area contributed by atoms with Crippen LogP contribution in [0.2, 0.25) is 0 Å². The Morgan fingerprint density at radius 2 is 1.85 bits per heavy atom. The number of aromatic nitrogens is 1. The number of hydrogen-bond acceptors (Lipinski definition) is 4. The largest absolute Gasteiger partial charge is 0.484 e. The van der Waals surface area contributed by atoms with Crippen molar-refractivity contribution in [3.63, 3.8) is 0 Å². The average Bonchev–Trinajstić information content (AvgIpc) is 3.16. The van der Waals surface area contributed by atoms with Crippen LogP contribution in [0, 0.1) is 0 Å². The third kappa shape index (κ3) is 5.66. The van der Waals surface area contributed by atoms with E-state index < -0.39 is 0 Å². The molecule has 0 saturated carbocycles. The summed E-state index contributed by atoms with van der Waals surface area (Å²) in [5.74, 6) is 1.07. The fourth-order valence-electron chi connectivity index (χ4n) is 2.61. The Kier molecular flexibility index (Phi) is 6.60. The van der Waals surface area contributed by atoms with Gasteiger partial charge in [0.05, 0.1) is 5.69 Å². The van der Waals surface area contributed by atoms with E-state index in [0.29, 0.717) is 24.6 Å². The minimum absolute atomic E-state index is 0.0212. The molecule has 0 unspecified atom stereocenters. The molecule has 0 spiro atoms. The van der Waals surface area contributed by atoms with Gasteiger partial charge in [-0.15, -0.1) is 11.3 Å². The number of benzene rings is 2. The molecule has 4 nitrogen and oxygen atoms in total. The van der Waals surface area contributed by atoms with Crippen LogP contribution in [-0.2, 0) is 11.2 Å². The summed E-state index contributed by atoms with van der Waals surface area (Å²) in [6.45, 7) is 4.86. The molecule has 140 valence electrons. The van der Waals surface area contributed by atoms with Crippen LogP contribution in [0.25, 0.3) is 10.6 Å². The number of carbonyl (C=O) groups excluding carboxylic acids is 1. The fourth-order valence-corrected chi connectivity index (χ4v) is 3.47. The Hall–Kier alpha value is -2.66. The Morgan fingerprint density at radius 1 is 1.11 bits per heavy atom. The standard InChI is InChI=1S/C22H24N2O2S/c1-16(2)17-8-10-20(11-9-17)26-14-21(25)23-13-12-19-15-27-22(24-19)18-6-4-3-5-7-18/h3-11,15-16H,12-14H2,1-2H3,(H,23,25). The summed E-state index contributed by atoms with van der Waals surface area (Å²) in [4.78, 5) is 16.6. The smallest absolute Gasteiger partial charge is 0.257 e. The van der Waals surface area contributed by atoms with Gasteiger partial charge < -0.3 is 10.1 Å². The second-order valence-corrected chi connectivity index (χ2v) is 7.48. The number of ether oxygens (including phenoxy) is 1. The highest BCUT2D eigenvalue weighted by atomic mass is 32.1. The highest BCUT2D eigenvalue weighted by molar-refractivity contribution is 7.13. The Bertz CT molecular complexity index is 858. The first-order valence-corrected chi connectivity index (χ1v) is 9.99. The molecule has 3 aromatic rings. The molecule has 0 aliphatic heterocycles. The van der Waals surface area contributed by atoms with Gasteiger partial charge in [-0.05, 0) is 23.6 Å². The van der Waals surface area contributed by atoms with E-state index in [9.17, 15) is 4.79 Å². The second-order valence-electron chi connectivity index (χ2n) is 6.62. The third-order valence-electron chi connectivity index (χ3n) is 4.19. The zero-order valence-corrected chi connectivity index (χ0v) is 16.5. The summed E-state index contributed by atoms with van der Waals surface area (Å²) in [7, 11) is 0. The highest BCUT2D eigenvalue weighted by Gasteiger charge is 2.07. The van der Waals surface area contributed by atoms with Gasteiger partial charge in [0.1, 0.15) is 10.8 Å². The van der Waals surface area contributed by atoms with E-state index in [1.165, 1.54) is 5.56 Å². The molecule has 1 N–H and O–H groups in total. The molecule has 0 atom stereocenters. The first-order valence-electron chi connectivity index (χ1n) is 9.11. The van der Waals surface area contributed by atoms with E-state index in [4.69, 9.17) is 4.74 Å². The monoisotopic (exact) mass is 380 g/mol. The quantitative estimate of drug-likeness (QED) is 0.618. The van der Waals surface area contributed by atoms with Gasteiger partial charge in [-0.2, -0.15) is 0 Å². The van der Waals surface area contributed by atoms with Crippen molar-refractivity contribution in [2.24, 2.45) is 0 Å². The van der Waals surface area contributed by atoms with Gasteiger partial charge in [-0.3, -0.25) is 4.79 Å². The summed E-state index contributed by atoms with van der Waals surface area (Å²) in [6.07, 6.45) is 0.707. The number of carbonyl (C=O) groups is 1. The van der Waals surface area contributed by atoms with E-state index in [-0.39, 0.29) is 12.5 Å². The molecule has 0 bridgehead atoms. The lowest BCUT2D eigenvalue weighted by Crippen LogP contribution is -2.30. The molecule has 0 aliphatic carbocycles. The van der Waals surface area contributed by atoms with Crippen LogP contribution in [0.4, 0.5) is 0 Å². The van der Waals surface area contributed by atoms with Crippen LogP contribution >= 0.6 is 11.3 Å². The van der Waals surface area contributed by atoms with Gasteiger partial charge in [-0.1, -0.05) is 56.3 Å². The molecule has 2 aromatic carbocycles. The number of hydrogen-bond donors (Lipinski definition) is 1. The van der Waals surface area contributed by atoms with Crippen molar-refractivity contribution in [2.45, 2.75) is 26.2 Å². The number of nitrogens with one attached hydrogen (secondary N) is 1. The van der Waals surface area contributed by atoms with E-state index in [1.54, 1.807) is 11.3 Å². The molecule has 1 heterocycles. The van der Waals surface area contributed by atoms with Crippen molar-refractivity contribution in [3.8, 4) is 16.3 Å². The van der Waals surface area contributed by atoms with Gasteiger partial charge in [0.25, 0.3) is 5.91 Å². The van der Waals surface area contributed by atoms with E-state index in [2.05, 4.69) is 36.3 Å². The van der Waals surface area contributed by atoms with Crippen LogP contribution in [0.15, 0.2) is 60.0 Å². The molecule has 0 saturated heterocycles. The van der Waals surface area contributed by atoms with Crippen molar-refractivity contribution < 1.29 is 9.53 Å². The molecule has 0 fully saturated rings. The topological polar surface area (TPSA) is 51.2 Å². The average molecular weight is 381 g/mol. The minimum Gasteiger partial charge on any atom is -0.484 e. The summed E-state index contributed by atoms with van der Waals surface area (Å²) in [5, 5.41) is 5.93. The first-order chi connectivity index (χ1) is 13.1. The van der Waals surface area contributed by atoms with Gasteiger partial charge in [-0.25, -0.2) is 4.98 Å². The van der Waals surface area contributed by atoms with Crippen LogP contribution in [-0.4, -0.2) is 24.0 Å². The molecule has 0 aliphatic rings. The van der Waals surface area contributed by atoms with Crippen molar-refractivity contribution in [2.75, 3.05) is 13.2 Å². The maximum absolute atomic E-state index is 12.0. The summed E-state index contributed by atoms with van der Waals surface area (Å²) in [5.41, 5.74) is 3.36. The predicted octanol–water partition coefficient (Wildman–Crippen LogP) is 4.67. The molecule has 27 heavy (non-hydrogen) atoms. The van der Waals surface area contributed by atoms with Crippen molar-refractivity contribution >= 4 is 17.2 Å². The Labute approximate surface area is 164 Å². The number of nitrogens with zero attached hydrogens (tertiary/aromatic N) is 1. The molecular formula is C22H24N2O2S. The van der Waals surface area contributed by atoms with E-state index >= 15 is 0 Å². The zero-order chi connectivity index (χ0) is 19.1. The Balaban J connectivity index is 1.40. The van der Waals surface area contributed by atoms with E-state index in [0.717, 1.165) is 16.3 Å². The van der Waals surface area contributed by atoms with Crippen molar-refractivity contribution in [3.05, 3.63) is 71.2 Å². The molecule has 0 radical (unpaired) electrons. The molecular weight excluding hydrogens is 356 g/mol. The number of rotatable bonds is 8. The fraction of sp³-hybridized carbons (Fsp3) is 0.273. The number of amides is 1. The first kappa shape index (κ1) is 19.1. The maximum Gasteiger partial charge on any atom is 0.257 e. The third-order valence-corrected chi connectivity index (χ3v) is 5.13. The lowest BCUT2D eigenvalue weighted by Gasteiger charge is -2.09. The van der Waals surface area contributed by atoms with Crippen LogP contribution in [0.5, 0.6) is 5.75 Å². The van der Waals surface area contributed by atoms with Gasteiger partial charge in [0.15, 0.2) is 6.61 Å². The molecule has 3 rings (SSSR count). The SMILES string of the molecule is CC(C)c1ccc(OCC(=O)NCCc2csc(-c3ccccc3)n2)cc1. The van der Waals surface area contributed by atoms with Crippen LogP contribution in [0.3, 0.4) is 0 Å². The second kappa shape index (κ2) is 9.33. The highest BCUT2D eigenvalue weighted by Crippen LogP contribution is 2.23. The van der Waals surface area contributed by atoms with Crippen LogP contribution in [0.1, 0.15) is 31.0 Å². The Morgan fingerprint density at radius 3 is 2.56 bits per heavy atom. The lowest BCUT2D eigenvalue weighted by molar-refractivity contribution is -0.123. The number of thiazole rings is 1. The van der Waals surface area contributed by atoms with Crippen molar-refractivity contribution in [1.82, 2.24) is 10.3 Å². The van der Waals surface area contributed by atoms with Gasteiger partial charge >= 0.3 is 0 Å². The molecule has 1 aromatic heterocycles. The van der Waals surface area contributed by atoms with E-state index in [1.807, 2.05) is 47.8 Å². The summed E-state index contributed by atoms with van der Waals surface area (Å²) < 4.78 is 5.54.